The number of likely N-dealkylation sites (tertiary alicyclic amines) is 1. The SMILES string of the molecule is CN(CC(=O)N1CCCC(N)C1)C1=NS(=O)(=O)c2ccccc21.Cl. The van der Waals surface area contributed by atoms with E-state index in [0.717, 1.165) is 12.8 Å². The third kappa shape index (κ3) is 3.55. The van der Waals surface area contributed by atoms with Gasteiger partial charge >= 0.3 is 0 Å². The number of benzene rings is 1. The van der Waals surface area contributed by atoms with E-state index in [-0.39, 0.29) is 35.8 Å². The third-order valence-electron chi connectivity index (χ3n) is 4.16. The summed E-state index contributed by atoms with van der Waals surface area (Å²) in [6.07, 6.45) is 1.83. The zero-order valence-corrected chi connectivity index (χ0v) is 15.0. The van der Waals surface area contributed by atoms with Gasteiger partial charge in [0, 0.05) is 31.7 Å². The standard InChI is InChI=1S/C15H20N4O3S.ClH/c1-18(10-14(20)19-8-4-5-11(16)9-19)15-12-6-2-3-7-13(12)23(21,22)17-15;/h2-3,6-7,11H,4-5,8-10,16H2,1H3;1H. The van der Waals surface area contributed by atoms with Crippen molar-refractivity contribution in [1.29, 1.82) is 0 Å². The maximum absolute atomic E-state index is 12.4. The number of sulfonamides is 1. The minimum absolute atomic E-state index is 0. The summed E-state index contributed by atoms with van der Waals surface area (Å²) in [6.45, 7) is 1.32. The van der Waals surface area contributed by atoms with Crippen molar-refractivity contribution in [3.05, 3.63) is 29.8 Å². The monoisotopic (exact) mass is 372 g/mol. The van der Waals surface area contributed by atoms with E-state index in [4.69, 9.17) is 5.73 Å². The van der Waals surface area contributed by atoms with Gasteiger partial charge in [-0.25, -0.2) is 0 Å². The van der Waals surface area contributed by atoms with Crippen molar-refractivity contribution in [1.82, 2.24) is 9.80 Å². The van der Waals surface area contributed by atoms with Crippen molar-refractivity contribution in [3.63, 3.8) is 0 Å². The number of hydrogen-bond donors (Lipinski definition) is 1. The largest absolute Gasteiger partial charge is 0.349 e. The Hall–Kier alpha value is -1.64. The summed E-state index contributed by atoms with van der Waals surface area (Å²) in [6, 6.07) is 6.67. The molecule has 0 radical (unpaired) electrons. The number of nitrogens with two attached hydrogens (primary N) is 1. The molecule has 1 saturated heterocycles. The van der Waals surface area contributed by atoms with Gasteiger partial charge in [0.1, 0.15) is 4.90 Å². The van der Waals surface area contributed by atoms with Crippen LogP contribution in [0.1, 0.15) is 18.4 Å². The second kappa shape index (κ2) is 7.08. The van der Waals surface area contributed by atoms with Crippen LogP contribution in [-0.2, 0) is 14.8 Å². The van der Waals surface area contributed by atoms with Crippen LogP contribution in [0.15, 0.2) is 33.6 Å². The number of hydrogen-bond acceptors (Lipinski definition) is 5. The molecule has 7 nitrogen and oxygen atoms in total. The molecule has 1 unspecified atom stereocenters. The Labute approximate surface area is 148 Å². The number of carbonyl (C=O) groups is 1. The van der Waals surface area contributed by atoms with Crippen molar-refractivity contribution < 1.29 is 13.2 Å². The number of rotatable bonds is 2. The Kier molecular flexibility index (Phi) is 5.52. The Morgan fingerprint density at radius 1 is 1.42 bits per heavy atom. The molecule has 2 heterocycles. The molecule has 1 fully saturated rings. The summed E-state index contributed by atoms with van der Waals surface area (Å²) in [5.41, 5.74) is 6.44. The van der Waals surface area contributed by atoms with Crippen LogP contribution < -0.4 is 5.73 Å². The van der Waals surface area contributed by atoms with Crippen molar-refractivity contribution in [3.8, 4) is 0 Å². The van der Waals surface area contributed by atoms with Gasteiger partial charge in [0.05, 0.1) is 6.54 Å². The van der Waals surface area contributed by atoms with Gasteiger partial charge in [-0.05, 0) is 25.0 Å². The van der Waals surface area contributed by atoms with E-state index < -0.39 is 10.0 Å². The molecule has 0 saturated carbocycles. The number of nitrogens with zero attached hydrogens (tertiary/aromatic N) is 3. The van der Waals surface area contributed by atoms with E-state index in [9.17, 15) is 13.2 Å². The second-order valence-corrected chi connectivity index (χ2v) is 7.56. The van der Waals surface area contributed by atoms with Crippen molar-refractivity contribution in [2.75, 3.05) is 26.7 Å². The highest BCUT2D eigenvalue weighted by atomic mass is 35.5. The molecule has 0 spiro atoms. The smallest absolute Gasteiger partial charge is 0.285 e. The van der Waals surface area contributed by atoms with E-state index in [0.29, 0.717) is 24.5 Å². The van der Waals surface area contributed by atoms with Gasteiger partial charge in [-0.15, -0.1) is 16.8 Å². The van der Waals surface area contributed by atoms with E-state index in [1.54, 1.807) is 35.0 Å². The van der Waals surface area contributed by atoms with Gasteiger partial charge in [-0.2, -0.15) is 8.42 Å². The molecule has 2 aliphatic rings. The first kappa shape index (κ1) is 18.7. The van der Waals surface area contributed by atoms with E-state index in [2.05, 4.69) is 4.40 Å². The quantitative estimate of drug-likeness (QED) is 0.812. The molecule has 9 heteroatoms. The summed E-state index contributed by atoms with van der Waals surface area (Å²) in [4.78, 5) is 15.9. The van der Waals surface area contributed by atoms with E-state index in [1.807, 2.05) is 0 Å². The molecule has 0 aromatic heterocycles. The minimum Gasteiger partial charge on any atom is -0.349 e. The number of fused-ring (bicyclic) bond motifs is 1. The number of amidine groups is 1. The molecule has 1 amide bonds. The van der Waals surface area contributed by atoms with Gasteiger partial charge in [-0.3, -0.25) is 4.79 Å². The van der Waals surface area contributed by atoms with Gasteiger partial charge < -0.3 is 15.5 Å². The second-order valence-electron chi connectivity index (χ2n) is 5.98. The lowest BCUT2D eigenvalue weighted by Gasteiger charge is -2.32. The Morgan fingerprint density at radius 3 is 2.83 bits per heavy atom. The normalized spacial score (nSPS) is 21.5. The Morgan fingerprint density at radius 2 is 2.12 bits per heavy atom. The molecule has 1 aromatic rings. The Bertz CT molecular complexity index is 766. The third-order valence-corrected chi connectivity index (χ3v) is 5.48. The first-order chi connectivity index (χ1) is 10.9. The summed E-state index contributed by atoms with van der Waals surface area (Å²) in [5.74, 6) is 0.252. The van der Waals surface area contributed by atoms with Crippen LogP contribution in [0.5, 0.6) is 0 Å². The van der Waals surface area contributed by atoms with E-state index >= 15 is 0 Å². The van der Waals surface area contributed by atoms with Gasteiger partial charge in [-0.1, -0.05) is 12.1 Å². The summed E-state index contributed by atoms with van der Waals surface area (Å²) in [7, 11) is -1.99. The summed E-state index contributed by atoms with van der Waals surface area (Å²) < 4.78 is 28.0. The molecular formula is C15H21ClN4O3S. The topological polar surface area (TPSA) is 96.1 Å². The first-order valence-corrected chi connectivity index (χ1v) is 9.01. The molecular weight excluding hydrogens is 352 g/mol. The molecule has 2 N–H and O–H groups in total. The van der Waals surface area contributed by atoms with Crippen molar-refractivity contribution in [2.24, 2.45) is 10.1 Å². The number of piperidine rings is 1. The highest BCUT2D eigenvalue weighted by Crippen LogP contribution is 2.26. The maximum Gasteiger partial charge on any atom is 0.285 e. The van der Waals surface area contributed by atoms with Gasteiger partial charge in [0.2, 0.25) is 5.91 Å². The zero-order valence-electron chi connectivity index (χ0n) is 13.4. The van der Waals surface area contributed by atoms with Gasteiger partial charge in [0.15, 0.2) is 5.84 Å². The molecule has 1 aromatic carbocycles. The van der Waals surface area contributed by atoms with Crippen LogP contribution in [0.2, 0.25) is 0 Å². The average molecular weight is 373 g/mol. The predicted octanol–water partition coefficient (Wildman–Crippen LogP) is 0.439. The lowest BCUT2D eigenvalue weighted by Crippen LogP contribution is -2.49. The van der Waals surface area contributed by atoms with Crippen LogP contribution in [0.3, 0.4) is 0 Å². The van der Waals surface area contributed by atoms with Crippen LogP contribution in [0.25, 0.3) is 0 Å². The molecule has 1 atom stereocenters. The van der Waals surface area contributed by atoms with Crippen LogP contribution in [0, 0.1) is 0 Å². The summed E-state index contributed by atoms with van der Waals surface area (Å²) >= 11 is 0. The highest BCUT2D eigenvalue weighted by Gasteiger charge is 2.31. The van der Waals surface area contributed by atoms with Crippen LogP contribution in [0.4, 0.5) is 0 Å². The number of likely N-dealkylation sites (N-methyl/N-ethyl adjacent to an activating group) is 1. The highest BCUT2D eigenvalue weighted by molar-refractivity contribution is 7.90. The molecule has 0 aliphatic carbocycles. The minimum atomic E-state index is -3.67. The molecule has 3 rings (SSSR count). The molecule has 132 valence electrons. The fourth-order valence-electron chi connectivity index (χ4n) is 2.98. The van der Waals surface area contributed by atoms with Crippen LogP contribution in [-0.4, -0.2) is 62.7 Å². The number of amides is 1. The van der Waals surface area contributed by atoms with Gasteiger partial charge in [0.25, 0.3) is 10.0 Å². The number of carbonyl (C=O) groups excluding carboxylic acids is 1. The van der Waals surface area contributed by atoms with Crippen molar-refractivity contribution in [2.45, 2.75) is 23.8 Å². The molecule has 24 heavy (non-hydrogen) atoms. The lowest BCUT2D eigenvalue weighted by molar-refractivity contribution is -0.132. The summed E-state index contributed by atoms with van der Waals surface area (Å²) in [5, 5.41) is 0. The predicted molar refractivity (Wildman–Crippen MR) is 93.8 cm³/mol. The molecule has 0 bridgehead atoms. The Balaban J connectivity index is 0.00000208. The first-order valence-electron chi connectivity index (χ1n) is 7.57. The van der Waals surface area contributed by atoms with E-state index in [1.165, 1.54) is 6.07 Å². The van der Waals surface area contributed by atoms with Crippen LogP contribution >= 0.6 is 12.4 Å². The molecule has 2 aliphatic heterocycles. The zero-order chi connectivity index (χ0) is 16.6. The average Bonchev–Trinajstić information content (AvgIpc) is 2.79. The number of halogens is 1. The fraction of sp³-hybridized carbons (Fsp3) is 0.467. The van der Waals surface area contributed by atoms with Crippen molar-refractivity contribution >= 4 is 34.2 Å². The maximum atomic E-state index is 12.4. The lowest BCUT2D eigenvalue weighted by atomic mass is 10.1. The fourth-order valence-corrected chi connectivity index (χ4v) is 4.23.